The summed E-state index contributed by atoms with van der Waals surface area (Å²) in [5.74, 6) is -0.637. The lowest BCUT2D eigenvalue weighted by Gasteiger charge is -2.33. The van der Waals surface area contributed by atoms with Gasteiger partial charge in [-0.2, -0.15) is 0 Å². The maximum Gasteiger partial charge on any atom is 0.244 e. The number of amides is 2. The largest absolute Gasteiger partial charge is 0.354 e. The van der Waals surface area contributed by atoms with Gasteiger partial charge in [0.2, 0.25) is 21.8 Å². The van der Waals surface area contributed by atoms with Gasteiger partial charge in [-0.1, -0.05) is 67.7 Å². The van der Waals surface area contributed by atoms with Crippen molar-refractivity contribution >= 4 is 50.7 Å². The van der Waals surface area contributed by atoms with Crippen LogP contribution in [0.25, 0.3) is 0 Å². The Morgan fingerprint density at radius 3 is 2.17 bits per heavy atom. The maximum atomic E-state index is 13.8. The number of halogens is 2. The van der Waals surface area contributed by atoms with E-state index in [1.807, 2.05) is 26.8 Å². The first-order valence-electron chi connectivity index (χ1n) is 11.8. The van der Waals surface area contributed by atoms with Crippen LogP contribution >= 0.6 is 23.2 Å². The molecule has 0 aliphatic rings. The van der Waals surface area contributed by atoms with E-state index >= 15 is 0 Å². The van der Waals surface area contributed by atoms with Crippen molar-refractivity contribution in [2.24, 2.45) is 5.92 Å². The minimum Gasteiger partial charge on any atom is -0.354 e. The lowest BCUT2D eigenvalue weighted by atomic mass is 10.1. The van der Waals surface area contributed by atoms with E-state index in [1.54, 1.807) is 44.2 Å². The van der Waals surface area contributed by atoms with Gasteiger partial charge in [0.15, 0.2) is 0 Å². The number of rotatable bonds is 11. The van der Waals surface area contributed by atoms with E-state index in [9.17, 15) is 18.0 Å². The molecule has 0 aliphatic carbocycles. The van der Waals surface area contributed by atoms with Crippen LogP contribution in [0.3, 0.4) is 0 Å². The molecular formula is C26H35Cl2N3O4S. The van der Waals surface area contributed by atoms with Gasteiger partial charge in [-0.3, -0.25) is 13.9 Å². The van der Waals surface area contributed by atoms with Crippen LogP contribution in [0.5, 0.6) is 0 Å². The summed E-state index contributed by atoms with van der Waals surface area (Å²) in [6.07, 6.45) is 1.38. The highest BCUT2D eigenvalue weighted by Crippen LogP contribution is 2.28. The quantitative estimate of drug-likeness (QED) is 0.424. The van der Waals surface area contributed by atoms with Gasteiger partial charge in [-0.15, -0.1) is 0 Å². The molecule has 2 aromatic carbocycles. The Morgan fingerprint density at radius 2 is 1.67 bits per heavy atom. The monoisotopic (exact) mass is 555 g/mol. The average Bonchev–Trinajstić information content (AvgIpc) is 2.77. The number of hydrogen-bond donors (Lipinski definition) is 1. The fourth-order valence-electron chi connectivity index (χ4n) is 3.88. The second-order valence-electron chi connectivity index (χ2n) is 9.34. The van der Waals surface area contributed by atoms with Gasteiger partial charge in [0, 0.05) is 28.7 Å². The third kappa shape index (κ3) is 7.85. The molecular weight excluding hydrogens is 521 g/mol. The normalized spacial score (nSPS) is 12.4. The Labute approximate surface area is 224 Å². The summed E-state index contributed by atoms with van der Waals surface area (Å²) in [6.45, 7) is 9.37. The molecule has 2 amide bonds. The molecule has 10 heteroatoms. The van der Waals surface area contributed by atoms with Gasteiger partial charge in [-0.05, 0) is 49.9 Å². The first-order valence-corrected chi connectivity index (χ1v) is 14.4. The fourth-order valence-corrected chi connectivity index (χ4v) is 5.30. The summed E-state index contributed by atoms with van der Waals surface area (Å²) in [6, 6.07) is 9.49. The number of sulfonamides is 1. The molecule has 0 fully saturated rings. The van der Waals surface area contributed by atoms with Gasteiger partial charge in [0.05, 0.1) is 11.9 Å². The molecule has 0 saturated heterocycles. The number of benzene rings is 2. The topological polar surface area (TPSA) is 86.8 Å². The van der Waals surface area contributed by atoms with E-state index in [0.717, 1.165) is 21.7 Å². The molecule has 0 unspecified atom stereocenters. The summed E-state index contributed by atoms with van der Waals surface area (Å²) in [7, 11) is -3.81. The Morgan fingerprint density at radius 1 is 1.06 bits per heavy atom. The summed E-state index contributed by atoms with van der Waals surface area (Å²) in [5.41, 5.74) is 2.58. The number of aryl methyl sites for hydroxylation is 2. The van der Waals surface area contributed by atoms with E-state index in [4.69, 9.17) is 23.2 Å². The van der Waals surface area contributed by atoms with Crippen molar-refractivity contribution in [2.75, 3.05) is 23.7 Å². The van der Waals surface area contributed by atoms with Crippen LogP contribution < -0.4 is 9.62 Å². The van der Waals surface area contributed by atoms with Crippen molar-refractivity contribution < 1.29 is 18.0 Å². The van der Waals surface area contributed by atoms with E-state index in [1.165, 1.54) is 4.90 Å². The van der Waals surface area contributed by atoms with Crippen LogP contribution in [0.4, 0.5) is 5.69 Å². The van der Waals surface area contributed by atoms with Crippen molar-refractivity contribution in [1.29, 1.82) is 0 Å². The molecule has 0 spiro atoms. The number of hydrogen-bond acceptors (Lipinski definition) is 4. The van der Waals surface area contributed by atoms with Gasteiger partial charge in [-0.25, -0.2) is 8.42 Å². The summed E-state index contributed by atoms with van der Waals surface area (Å²) >= 11 is 12.8. The van der Waals surface area contributed by atoms with Crippen LogP contribution in [0, 0.1) is 19.8 Å². The fraction of sp³-hybridized carbons (Fsp3) is 0.462. The highest BCUT2D eigenvalue weighted by Gasteiger charge is 2.32. The van der Waals surface area contributed by atoms with Crippen LogP contribution in [0.1, 0.15) is 43.9 Å². The highest BCUT2D eigenvalue weighted by molar-refractivity contribution is 7.92. The molecule has 36 heavy (non-hydrogen) atoms. The van der Waals surface area contributed by atoms with E-state index in [2.05, 4.69) is 5.32 Å². The van der Waals surface area contributed by atoms with E-state index < -0.39 is 28.5 Å². The molecule has 0 aromatic heterocycles. The molecule has 0 aliphatic heterocycles. The number of carbonyl (C=O) groups excluding carboxylic acids is 2. The maximum absolute atomic E-state index is 13.8. The summed E-state index contributed by atoms with van der Waals surface area (Å²) in [5, 5.41) is 3.59. The zero-order valence-corrected chi connectivity index (χ0v) is 24.0. The molecule has 2 rings (SSSR count). The van der Waals surface area contributed by atoms with Crippen LogP contribution in [0.2, 0.25) is 10.0 Å². The van der Waals surface area contributed by atoms with Crippen molar-refractivity contribution in [1.82, 2.24) is 10.2 Å². The first-order chi connectivity index (χ1) is 16.8. The van der Waals surface area contributed by atoms with Crippen LogP contribution in [-0.4, -0.2) is 50.5 Å². The SMILES string of the molecule is CC[C@H](C(=O)NCC(C)C)N(Cc1c(Cl)cccc1Cl)C(=O)CN(c1ccc(C)cc1C)S(C)(=O)=O. The van der Waals surface area contributed by atoms with Crippen molar-refractivity contribution in [2.45, 2.75) is 53.6 Å². The molecule has 7 nitrogen and oxygen atoms in total. The van der Waals surface area contributed by atoms with Crippen LogP contribution in [-0.2, 0) is 26.2 Å². The predicted octanol–water partition coefficient (Wildman–Crippen LogP) is 4.96. The predicted molar refractivity (Wildman–Crippen MR) is 147 cm³/mol. The zero-order chi connectivity index (χ0) is 27.2. The second kappa shape index (κ2) is 12.8. The van der Waals surface area contributed by atoms with Gasteiger partial charge in [0.1, 0.15) is 12.6 Å². The molecule has 0 radical (unpaired) electrons. The van der Waals surface area contributed by atoms with Crippen molar-refractivity contribution in [3.8, 4) is 0 Å². The number of carbonyl (C=O) groups is 2. The van der Waals surface area contributed by atoms with Gasteiger partial charge < -0.3 is 10.2 Å². The Bertz CT molecular complexity index is 1180. The van der Waals surface area contributed by atoms with Crippen molar-refractivity contribution in [3.63, 3.8) is 0 Å². The molecule has 2 aromatic rings. The molecule has 198 valence electrons. The number of nitrogens with one attached hydrogen (secondary N) is 1. The Hall–Kier alpha value is -2.29. The smallest absolute Gasteiger partial charge is 0.244 e. The third-order valence-electron chi connectivity index (χ3n) is 5.76. The van der Waals surface area contributed by atoms with Gasteiger partial charge >= 0.3 is 0 Å². The summed E-state index contributed by atoms with van der Waals surface area (Å²) < 4.78 is 26.6. The molecule has 1 atom stereocenters. The first kappa shape index (κ1) is 29.9. The Kier molecular flexibility index (Phi) is 10.6. The number of anilines is 1. The van der Waals surface area contributed by atoms with E-state index in [-0.39, 0.29) is 18.4 Å². The Balaban J connectivity index is 2.51. The molecule has 0 bridgehead atoms. The molecule has 0 heterocycles. The van der Waals surface area contributed by atoms with E-state index in [0.29, 0.717) is 34.3 Å². The lowest BCUT2D eigenvalue weighted by molar-refractivity contribution is -0.140. The minimum atomic E-state index is -3.81. The van der Waals surface area contributed by atoms with Gasteiger partial charge in [0.25, 0.3) is 0 Å². The summed E-state index contributed by atoms with van der Waals surface area (Å²) in [4.78, 5) is 28.3. The van der Waals surface area contributed by atoms with Crippen molar-refractivity contribution in [3.05, 3.63) is 63.1 Å². The van der Waals surface area contributed by atoms with Crippen LogP contribution in [0.15, 0.2) is 36.4 Å². The average molecular weight is 557 g/mol. The number of nitrogens with zero attached hydrogens (tertiary/aromatic N) is 2. The third-order valence-corrected chi connectivity index (χ3v) is 7.60. The lowest BCUT2D eigenvalue weighted by Crippen LogP contribution is -2.52. The highest BCUT2D eigenvalue weighted by atomic mass is 35.5. The zero-order valence-electron chi connectivity index (χ0n) is 21.6. The second-order valence-corrected chi connectivity index (χ2v) is 12.1. The molecule has 1 N–H and O–H groups in total. The minimum absolute atomic E-state index is 0.0462. The molecule has 0 saturated carbocycles. The standard InChI is InChI=1S/C26H35Cl2N3O4S/c1-7-23(26(33)29-14-17(2)3)30(15-20-21(27)9-8-10-22(20)28)25(32)16-31(36(6,34)35)24-12-11-18(4)13-19(24)5/h8-13,17,23H,7,14-16H2,1-6H3,(H,29,33)/t23-/m1/s1.